The van der Waals surface area contributed by atoms with Crippen LogP contribution in [0.1, 0.15) is 24.2 Å². The molecule has 0 atom stereocenters. The number of benzene rings is 2. The summed E-state index contributed by atoms with van der Waals surface area (Å²) in [5.74, 6) is -0.0255. The Morgan fingerprint density at radius 3 is 2.40 bits per heavy atom. The van der Waals surface area contributed by atoms with Crippen LogP contribution >= 0.6 is 15.9 Å². The third kappa shape index (κ3) is 6.03. The molecule has 2 amide bonds. The smallest absolute Gasteiger partial charge is 0.257 e. The number of anilines is 1. The predicted molar refractivity (Wildman–Crippen MR) is 117 cm³/mol. The van der Waals surface area contributed by atoms with Crippen LogP contribution in [0.2, 0.25) is 0 Å². The largest absolute Gasteiger partial charge is 0.490 e. The van der Waals surface area contributed by atoms with Gasteiger partial charge in [0.05, 0.1) is 18.2 Å². The van der Waals surface area contributed by atoms with E-state index in [4.69, 9.17) is 4.74 Å². The zero-order chi connectivity index (χ0) is 21.7. The lowest BCUT2D eigenvalue weighted by Gasteiger charge is -2.34. The molecule has 1 fully saturated rings. The number of piperazine rings is 1. The maximum Gasteiger partial charge on any atom is 0.257 e. The Hall–Kier alpha value is -2.45. The molecule has 1 N–H and O–H groups in total. The van der Waals surface area contributed by atoms with E-state index in [9.17, 15) is 14.0 Å². The minimum Gasteiger partial charge on any atom is -0.490 e. The van der Waals surface area contributed by atoms with Crippen LogP contribution in [0.5, 0.6) is 5.75 Å². The first-order valence-electron chi connectivity index (χ1n) is 9.85. The number of amides is 2. The fourth-order valence-corrected chi connectivity index (χ4v) is 3.58. The first-order valence-corrected chi connectivity index (χ1v) is 10.6. The summed E-state index contributed by atoms with van der Waals surface area (Å²) in [6.45, 7) is 6.31. The molecule has 1 heterocycles. The molecule has 0 radical (unpaired) electrons. The summed E-state index contributed by atoms with van der Waals surface area (Å²) in [7, 11) is 0. The molecule has 1 aliphatic heterocycles. The van der Waals surface area contributed by atoms with Crippen LogP contribution in [0, 0.1) is 5.82 Å². The number of ether oxygens (including phenoxy) is 1. The second kappa shape index (κ2) is 10.0. The summed E-state index contributed by atoms with van der Waals surface area (Å²) in [6.07, 6.45) is -0.0395. The van der Waals surface area contributed by atoms with Gasteiger partial charge in [0.2, 0.25) is 5.91 Å². The van der Waals surface area contributed by atoms with Crippen molar-refractivity contribution < 1.29 is 18.7 Å². The highest BCUT2D eigenvalue weighted by Gasteiger charge is 2.25. The molecule has 30 heavy (non-hydrogen) atoms. The number of rotatable bonds is 6. The van der Waals surface area contributed by atoms with Crippen molar-refractivity contribution in [2.75, 3.05) is 38.0 Å². The molecule has 6 nitrogen and oxygen atoms in total. The molecule has 3 rings (SSSR count). The van der Waals surface area contributed by atoms with Crippen molar-refractivity contribution in [1.82, 2.24) is 9.80 Å². The van der Waals surface area contributed by atoms with Gasteiger partial charge in [-0.05, 0) is 56.3 Å². The van der Waals surface area contributed by atoms with Crippen molar-refractivity contribution >= 4 is 33.4 Å². The molecule has 1 aliphatic rings. The molecule has 2 aromatic rings. The van der Waals surface area contributed by atoms with Gasteiger partial charge >= 0.3 is 0 Å². The van der Waals surface area contributed by atoms with Gasteiger partial charge in [0, 0.05) is 36.3 Å². The summed E-state index contributed by atoms with van der Waals surface area (Å²) in [6, 6.07) is 11.1. The molecular formula is C22H25BrFN3O3. The van der Waals surface area contributed by atoms with Gasteiger partial charge in [-0.2, -0.15) is 0 Å². The third-order valence-electron chi connectivity index (χ3n) is 4.69. The monoisotopic (exact) mass is 477 g/mol. The van der Waals surface area contributed by atoms with Crippen LogP contribution in [0.4, 0.5) is 10.1 Å². The summed E-state index contributed by atoms with van der Waals surface area (Å²) >= 11 is 3.42. The van der Waals surface area contributed by atoms with Crippen molar-refractivity contribution in [1.29, 1.82) is 0 Å². The highest BCUT2D eigenvalue weighted by atomic mass is 79.9. The van der Waals surface area contributed by atoms with Gasteiger partial charge in [-0.25, -0.2) is 4.39 Å². The van der Waals surface area contributed by atoms with Gasteiger partial charge in [-0.1, -0.05) is 15.9 Å². The van der Waals surface area contributed by atoms with E-state index in [-0.39, 0.29) is 30.3 Å². The van der Waals surface area contributed by atoms with Crippen molar-refractivity contribution in [3.05, 3.63) is 58.3 Å². The van der Waals surface area contributed by atoms with Gasteiger partial charge in [0.15, 0.2) is 0 Å². The maximum absolute atomic E-state index is 13.0. The SMILES string of the molecule is CC(C)Oc1cc(Br)ccc1C(=O)N1CCN(CC(=O)Nc2ccc(F)cc2)CC1. The Kier molecular flexibility index (Phi) is 7.44. The van der Waals surface area contributed by atoms with Gasteiger partial charge in [-0.15, -0.1) is 0 Å². The second-order valence-corrected chi connectivity index (χ2v) is 8.35. The van der Waals surface area contributed by atoms with Crippen molar-refractivity contribution in [3.8, 4) is 5.75 Å². The Labute approximate surface area is 184 Å². The number of halogens is 2. The van der Waals surface area contributed by atoms with Crippen LogP contribution in [0.3, 0.4) is 0 Å². The molecule has 0 saturated carbocycles. The highest BCUT2D eigenvalue weighted by Crippen LogP contribution is 2.26. The number of hydrogen-bond acceptors (Lipinski definition) is 4. The van der Waals surface area contributed by atoms with Crippen LogP contribution in [-0.4, -0.2) is 60.4 Å². The number of nitrogens with zero attached hydrogens (tertiary/aromatic N) is 2. The topological polar surface area (TPSA) is 61.9 Å². The second-order valence-electron chi connectivity index (χ2n) is 7.43. The summed E-state index contributed by atoms with van der Waals surface area (Å²) in [4.78, 5) is 29.0. The standard InChI is InChI=1S/C22H25BrFN3O3/c1-15(2)30-20-13-16(23)3-8-19(20)22(29)27-11-9-26(10-12-27)14-21(28)25-18-6-4-17(24)5-7-18/h3-8,13,15H,9-12,14H2,1-2H3,(H,25,28). The van der Waals surface area contributed by atoms with Crippen molar-refractivity contribution in [2.24, 2.45) is 0 Å². The van der Waals surface area contributed by atoms with E-state index in [0.29, 0.717) is 43.2 Å². The zero-order valence-corrected chi connectivity index (χ0v) is 18.6. The molecule has 160 valence electrons. The van der Waals surface area contributed by atoms with Gasteiger partial charge in [0.25, 0.3) is 5.91 Å². The lowest BCUT2D eigenvalue weighted by molar-refractivity contribution is -0.117. The summed E-state index contributed by atoms with van der Waals surface area (Å²) < 4.78 is 19.6. The van der Waals surface area contributed by atoms with E-state index >= 15 is 0 Å². The van der Waals surface area contributed by atoms with Crippen LogP contribution in [-0.2, 0) is 4.79 Å². The Morgan fingerprint density at radius 1 is 1.10 bits per heavy atom. The normalized spacial score (nSPS) is 14.6. The van der Waals surface area contributed by atoms with Crippen molar-refractivity contribution in [2.45, 2.75) is 20.0 Å². The number of carbonyl (C=O) groups excluding carboxylic acids is 2. The van der Waals surface area contributed by atoms with Crippen LogP contribution in [0.25, 0.3) is 0 Å². The third-order valence-corrected chi connectivity index (χ3v) is 5.18. The first kappa shape index (κ1) is 22.2. The minimum absolute atomic E-state index is 0.0395. The van der Waals surface area contributed by atoms with Gasteiger partial charge in [-0.3, -0.25) is 14.5 Å². The molecule has 2 aromatic carbocycles. The molecular weight excluding hydrogens is 453 g/mol. The van der Waals surface area contributed by atoms with E-state index < -0.39 is 0 Å². The average Bonchev–Trinajstić information content (AvgIpc) is 2.69. The molecule has 0 aliphatic carbocycles. The molecule has 0 unspecified atom stereocenters. The quantitative estimate of drug-likeness (QED) is 0.687. The first-order chi connectivity index (χ1) is 14.3. The van der Waals surface area contributed by atoms with E-state index in [0.717, 1.165) is 4.47 Å². The lowest BCUT2D eigenvalue weighted by Crippen LogP contribution is -2.50. The molecule has 0 aromatic heterocycles. The Balaban J connectivity index is 1.54. The summed E-state index contributed by atoms with van der Waals surface area (Å²) in [5.41, 5.74) is 1.09. The molecule has 8 heteroatoms. The van der Waals surface area contributed by atoms with E-state index in [1.165, 1.54) is 24.3 Å². The van der Waals surface area contributed by atoms with Crippen LogP contribution < -0.4 is 10.1 Å². The minimum atomic E-state index is -0.346. The average molecular weight is 478 g/mol. The number of nitrogens with one attached hydrogen (secondary N) is 1. The number of hydrogen-bond donors (Lipinski definition) is 1. The Bertz CT molecular complexity index is 897. The number of carbonyl (C=O) groups is 2. The van der Waals surface area contributed by atoms with E-state index in [2.05, 4.69) is 21.2 Å². The summed E-state index contributed by atoms with van der Waals surface area (Å²) in [5, 5.41) is 2.76. The fraction of sp³-hybridized carbons (Fsp3) is 0.364. The zero-order valence-electron chi connectivity index (χ0n) is 17.0. The predicted octanol–water partition coefficient (Wildman–Crippen LogP) is 3.77. The molecule has 1 saturated heterocycles. The fourth-order valence-electron chi connectivity index (χ4n) is 3.24. The Morgan fingerprint density at radius 2 is 1.77 bits per heavy atom. The van der Waals surface area contributed by atoms with E-state index in [1.807, 2.05) is 30.9 Å². The van der Waals surface area contributed by atoms with Crippen molar-refractivity contribution in [3.63, 3.8) is 0 Å². The van der Waals surface area contributed by atoms with Crippen LogP contribution in [0.15, 0.2) is 46.9 Å². The van der Waals surface area contributed by atoms with E-state index in [1.54, 1.807) is 11.0 Å². The lowest BCUT2D eigenvalue weighted by atomic mass is 10.1. The maximum atomic E-state index is 13.0. The highest BCUT2D eigenvalue weighted by molar-refractivity contribution is 9.10. The molecule has 0 spiro atoms. The van der Waals surface area contributed by atoms with Gasteiger partial charge in [0.1, 0.15) is 11.6 Å². The molecule has 0 bridgehead atoms. The van der Waals surface area contributed by atoms with Gasteiger partial charge < -0.3 is 15.0 Å².